The summed E-state index contributed by atoms with van der Waals surface area (Å²) < 4.78 is 6.18. The average molecular weight is 576 g/mol. The van der Waals surface area contributed by atoms with Gasteiger partial charge in [0.2, 0.25) is 0 Å². The first-order valence-electron chi connectivity index (χ1n) is 15.0. The number of hydrogen-bond acceptors (Lipinski definition) is 4. The molecule has 0 saturated heterocycles. The van der Waals surface area contributed by atoms with Gasteiger partial charge in [0.1, 0.15) is 11.2 Å². The molecule has 0 aliphatic heterocycles. The third-order valence-corrected chi connectivity index (χ3v) is 8.51. The fourth-order valence-corrected chi connectivity index (χ4v) is 6.33. The normalized spacial score (nSPS) is 11.6. The van der Waals surface area contributed by atoms with Crippen LogP contribution in [0.15, 0.2) is 156 Å². The van der Waals surface area contributed by atoms with E-state index in [9.17, 15) is 0 Å². The molecule has 0 bridgehead atoms. The van der Waals surface area contributed by atoms with E-state index < -0.39 is 0 Å². The summed E-state index contributed by atoms with van der Waals surface area (Å²) in [6, 6.07) is 52.3. The van der Waals surface area contributed by atoms with Gasteiger partial charge in [0.15, 0.2) is 17.5 Å². The molecule has 0 atom stereocenters. The Kier molecular flexibility index (Phi) is 5.78. The van der Waals surface area contributed by atoms with Gasteiger partial charge in [-0.15, -0.1) is 0 Å². The maximum atomic E-state index is 6.18. The van der Waals surface area contributed by atoms with Crippen molar-refractivity contribution in [3.63, 3.8) is 0 Å². The van der Waals surface area contributed by atoms with Crippen molar-refractivity contribution < 1.29 is 4.42 Å². The highest BCUT2D eigenvalue weighted by atomic mass is 16.3. The highest BCUT2D eigenvalue weighted by Crippen LogP contribution is 2.38. The van der Waals surface area contributed by atoms with E-state index in [2.05, 4.69) is 103 Å². The number of aromatic nitrogens is 3. The van der Waals surface area contributed by atoms with Crippen molar-refractivity contribution in [2.75, 3.05) is 0 Å². The van der Waals surface area contributed by atoms with Crippen molar-refractivity contribution in [1.29, 1.82) is 0 Å². The number of fused-ring (bicyclic) bond motifs is 5. The maximum Gasteiger partial charge on any atom is 0.164 e. The zero-order valence-electron chi connectivity index (χ0n) is 24.2. The van der Waals surface area contributed by atoms with Gasteiger partial charge in [0.05, 0.1) is 0 Å². The summed E-state index contributed by atoms with van der Waals surface area (Å²) in [5.74, 6) is 1.95. The number of para-hydroxylation sites is 1. The minimum Gasteiger partial charge on any atom is -0.456 e. The number of furan rings is 1. The van der Waals surface area contributed by atoms with Crippen molar-refractivity contribution >= 4 is 43.5 Å². The maximum absolute atomic E-state index is 6.18. The van der Waals surface area contributed by atoms with Crippen LogP contribution in [0.1, 0.15) is 0 Å². The molecule has 0 N–H and O–H groups in total. The fourth-order valence-electron chi connectivity index (χ4n) is 6.33. The van der Waals surface area contributed by atoms with Gasteiger partial charge >= 0.3 is 0 Å². The highest BCUT2D eigenvalue weighted by molar-refractivity contribution is 6.13. The van der Waals surface area contributed by atoms with E-state index in [-0.39, 0.29) is 0 Å². The molecule has 4 heteroatoms. The minimum atomic E-state index is 0.647. The van der Waals surface area contributed by atoms with Gasteiger partial charge in [-0.3, -0.25) is 0 Å². The van der Waals surface area contributed by atoms with Crippen LogP contribution in [0, 0.1) is 0 Å². The molecule has 45 heavy (non-hydrogen) atoms. The molecule has 0 spiro atoms. The van der Waals surface area contributed by atoms with E-state index in [0.29, 0.717) is 17.5 Å². The first kappa shape index (κ1) is 25.4. The molecule has 2 heterocycles. The molecule has 4 nitrogen and oxygen atoms in total. The van der Waals surface area contributed by atoms with Crippen molar-refractivity contribution in [3.05, 3.63) is 152 Å². The molecule has 0 amide bonds. The molecule has 7 aromatic carbocycles. The molecule has 9 aromatic rings. The van der Waals surface area contributed by atoms with E-state index in [4.69, 9.17) is 19.4 Å². The van der Waals surface area contributed by atoms with Crippen LogP contribution in [0.2, 0.25) is 0 Å². The third-order valence-electron chi connectivity index (χ3n) is 8.51. The summed E-state index contributed by atoms with van der Waals surface area (Å²) in [6.07, 6.45) is 0. The van der Waals surface area contributed by atoms with Crippen LogP contribution >= 0.6 is 0 Å². The van der Waals surface area contributed by atoms with Crippen LogP contribution in [0.3, 0.4) is 0 Å². The predicted molar refractivity (Wildman–Crippen MR) is 184 cm³/mol. The Bertz CT molecular complexity index is 2550. The van der Waals surface area contributed by atoms with Crippen molar-refractivity contribution in [3.8, 4) is 45.3 Å². The molecule has 0 fully saturated rings. The second kappa shape index (κ2) is 10.2. The van der Waals surface area contributed by atoms with Crippen LogP contribution in [0.25, 0.3) is 88.8 Å². The number of nitrogens with zero attached hydrogens (tertiary/aromatic N) is 3. The third kappa shape index (κ3) is 4.35. The summed E-state index contributed by atoms with van der Waals surface area (Å²) >= 11 is 0. The second-order valence-electron chi connectivity index (χ2n) is 11.3. The minimum absolute atomic E-state index is 0.647. The monoisotopic (exact) mass is 575 g/mol. The molecular formula is C41H25N3O. The summed E-state index contributed by atoms with van der Waals surface area (Å²) in [5, 5.41) is 6.79. The number of benzene rings is 7. The lowest BCUT2D eigenvalue weighted by atomic mass is 9.95. The van der Waals surface area contributed by atoms with Crippen molar-refractivity contribution in [2.45, 2.75) is 0 Å². The van der Waals surface area contributed by atoms with Crippen LogP contribution in [-0.2, 0) is 0 Å². The first-order chi connectivity index (χ1) is 22.3. The second-order valence-corrected chi connectivity index (χ2v) is 11.3. The van der Waals surface area contributed by atoms with Crippen LogP contribution < -0.4 is 0 Å². The quantitative estimate of drug-likeness (QED) is 0.209. The van der Waals surface area contributed by atoms with Gasteiger partial charge in [-0.2, -0.15) is 0 Å². The fraction of sp³-hybridized carbons (Fsp3) is 0. The van der Waals surface area contributed by atoms with E-state index >= 15 is 0 Å². The van der Waals surface area contributed by atoms with Gasteiger partial charge in [0.25, 0.3) is 0 Å². The van der Waals surface area contributed by atoms with Crippen molar-refractivity contribution in [1.82, 2.24) is 15.0 Å². The molecular weight excluding hydrogens is 550 g/mol. The molecule has 0 aliphatic carbocycles. The van der Waals surface area contributed by atoms with Gasteiger partial charge in [0, 0.05) is 27.5 Å². The summed E-state index contributed by atoms with van der Waals surface area (Å²) in [5.41, 5.74) is 6.94. The SMILES string of the molecule is c1ccc(-c2nc(-c3ccc4ccccc4c3)nc(-c3cccc4cc(-c5cccc6oc7ccccc7c56)ccc34)n2)cc1. The molecule has 0 aliphatic rings. The molecule has 210 valence electrons. The summed E-state index contributed by atoms with van der Waals surface area (Å²) in [4.78, 5) is 15.1. The Balaban J connectivity index is 1.22. The summed E-state index contributed by atoms with van der Waals surface area (Å²) in [7, 11) is 0. The average Bonchev–Trinajstić information content (AvgIpc) is 3.50. The Labute approximate surface area is 259 Å². The largest absolute Gasteiger partial charge is 0.456 e. The lowest BCUT2D eigenvalue weighted by Crippen LogP contribution is -2.00. The molecule has 0 radical (unpaired) electrons. The van der Waals surface area contributed by atoms with Gasteiger partial charge in [-0.05, 0) is 56.9 Å². The van der Waals surface area contributed by atoms with Gasteiger partial charge in [-0.25, -0.2) is 15.0 Å². The van der Waals surface area contributed by atoms with E-state index in [1.807, 2.05) is 48.5 Å². The van der Waals surface area contributed by atoms with Crippen LogP contribution in [-0.4, -0.2) is 15.0 Å². The zero-order chi connectivity index (χ0) is 29.7. The van der Waals surface area contributed by atoms with Gasteiger partial charge in [-0.1, -0.05) is 127 Å². The van der Waals surface area contributed by atoms with Crippen LogP contribution in [0.5, 0.6) is 0 Å². The Morgan fingerprint density at radius 3 is 1.91 bits per heavy atom. The molecule has 0 unspecified atom stereocenters. The number of rotatable bonds is 4. The predicted octanol–water partition coefficient (Wildman–Crippen LogP) is 10.7. The molecule has 2 aromatic heterocycles. The first-order valence-corrected chi connectivity index (χ1v) is 15.0. The summed E-state index contributed by atoms with van der Waals surface area (Å²) in [6.45, 7) is 0. The Morgan fingerprint density at radius 2 is 1.00 bits per heavy atom. The van der Waals surface area contributed by atoms with Crippen LogP contribution in [0.4, 0.5) is 0 Å². The van der Waals surface area contributed by atoms with Crippen molar-refractivity contribution in [2.24, 2.45) is 0 Å². The Hall–Kier alpha value is -6.13. The van der Waals surface area contributed by atoms with E-state index in [1.54, 1.807) is 0 Å². The molecule has 0 saturated carbocycles. The Morgan fingerprint density at radius 1 is 0.356 bits per heavy atom. The van der Waals surface area contributed by atoms with Gasteiger partial charge < -0.3 is 4.42 Å². The smallest absolute Gasteiger partial charge is 0.164 e. The van der Waals surface area contributed by atoms with E-state index in [0.717, 1.165) is 65.9 Å². The topological polar surface area (TPSA) is 51.8 Å². The zero-order valence-corrected chi connectivity index (χ0v) is 24.2. The number of hydrogen-bond donors (Lipinski definition) is 0. The highest BCUT2D eigenvalue weighted by Gasteiger charge is 2.16. The lowest BCUT2D eigenvalue weighted by Gasteiger charge is -2.12. The standard InChI is InChI=1S/C41H25N3O/c1-2-11-27(12-3-1)39-42-40(31-21-20-26-10-4-5-13-28(26)24-31)44-41(43-39)34-17-8-14-29-25-30(22-23-32(29)34)33-16-9-19-37-38(33)35-15-6-7-18-36(35)45-37/h1-25H. The lowest BCUT2D eigenvalue weighted by molar-refractivity contribution is 0.669. The molecule has 9 rings (SSSR count). The van der Waals surface area contributed by atoms with E-state index in [1.165, 1.54) is 5.39 Å².